The van der Waals surface area contributed by atoms with Gasteiger partial charge in [-0.3, -0.25) is 9.63 Å². The molecule has 0 bridgehead atoms. The zero-order valence-electron chi connectivity index (χ0n) is 15.7. The fourth-order valence-electron chi connectivity index (χ4n) is 3.11. The van der Waals surface area contributed by atoms with Crippen LogP contribution in [-0.4, -0.2) is 39.9 Å². The van der Waals surface area contributed by atoms with Crippen LogP contribution in [0.1, 0.15) is 15.9 Å². The molecule has 28 heavy (non-hydrogen) atoms. The molecule has 2 aromatic carbocycles. The van der Waals surface area contributed by atoms with Gasteiger partial charge in [-0.15, -0.1) is 0 Å². The highest BCUT2D eigenvalue weighted by Gasteiger charge is 2.20. The standard InChI is InChI=1S/C22H20N4O2/c1-25(28-2)22(27)18-13-20(17-11-7-4-8-12-17)24-21-19(18)14-23-26(21)15-16-9-5-3-6-10-16/h3-14H,15H2,1-2H3. The predicted molar refractivity (Wildman–Crippen MR) is 108 cm³/mol. The van der Waals surface area contributed by atoms with Gasteiger partial charge in [-0.1, -0.05) is 60.7 Å². The molecular weight excluding hydrogens is 352 g/mol. The SMILES string of the molecule is CON(C)C(=O)c1cc(-c2ccccc2)nc2c1cnn2Cc1ccccc1. The molecule has 4 aromatic rings. The Balaban J connectivity index is 1.88. The second-order valence-electron chi connectivity index (χ2n) is 6.43. The fraction of sp³-hybridized carbons (Fsp3) is 0.136. The minimum atomic E-state index is -0.244. The van der Waals surface area contributed by atoms with Gasteiger partial charge in [-0.05, 0) is 11.6 Å². The second-order valence-corrected chi connectivity index (χ2v) is 6.43. The van der Waals surface area contributed by atoms with E-state index in [2.05, 4.69) is 5.10 Å². The minimum Gasteiger partial charge on any atom is -0.274 e. The number of carbonyl (C=O) groups is 1. The molecule has 140 valence electrons. The third kappa shape index (κ3) is 3.37. The Morgan fingerprint density at radius 2 is 1.75 bits per heavy atom. The van der Waals surface area contributed by atoms with Crippen molar-refractivity contribution in [1.29, 1.82) is 0 Å². The van der Waals surface area contributed by atoms with Gasteiger partial charge >= 0.3 is 0 Å². The lowest BCUT2D eigenvalue weighted by Crippen LogP contribution is -2.25. The number of hydroxylamine groups is 2. The van der Waals surface area contributed by atoms with E-state index in [1.54, 1.807) is 19.3 Å². The Kier molecular flexibility index (Phi) is 4.87. The van der Waals surface area contributed by atoms with E-state index in [0.717, 1.165) is 16.8 Å². The molecule has 2 aromatic heterocycles. The zero-order chi connectivity index (χ0) is 19.5. The lowest BCUT2D eigenvalue weighted by atomic mass is 10.1. The topological polar surface area (TPSA) is 60.2 Å². The molecule has 0 aliphatic heterocycles. The van der Waals surface area contributed by atoms with Crippen molar-refractivity contribution in [1.82, 2.24) is 19.8 Å². The molecule has 6 nitrogen and oxygen atoms in total. The molecule has 0 aliphatic carbocycles. The van der Waals surface area contributed by atoms with Gasteiger partial charge in [0, 0.05) is 12.6 Å². The Morgan fingerprint density at radius 3 is 2.43 bits per heavy atom. The van der Waals surface area contributed by atoms with Crippen LogP contribution < -0.4 is 0 Å². The van der Waals surface area contributed by atoms with Gasteiger partial charge < -0.3 is 0 Å². The summed E-state index contributed by atoms with van der Waals surface area (Å²) in [7, 11) is 3.05. The number of hydrogen-bond donors (Lipinski definition) is 0. The first-order valence-electron chi connectivity index (χ1n) is 8.95. The number of fused-ring (bicyclic) bond motifs is 1. The van der Waals surface area contributed by atoms with E-state index in [4.69, 9.17) is 9.82 Å². The van der Waals surface area contributed by atoms with Crippen molar-refractivity contribution in [2.24, 2.45) is 0 Å². The first-order chi connectivity index (χ1) is 13.7. The molecule has 0 atom stereocenters. The van der Waals surface area contributed by atoms with Crippen LogP contribution in [-0.2, 0) is 11.4 Å². The molecule has 0 spiro atoms. The number of nitrogens with zero attached hydrogens (tertiary/aromatic N) is 4. The molecule has 0 radical (unpaired) electrons. The molecule has 0 fully saturated rings. The Hall–Kier alpha value is -3.51. The second kappa shape index (κ2) is 7.62. The van der Waals surface area contributed by atoms with Gasteiger partial charge in [-0.2, -0.15) is 5.10 Å². The lowest BCUT2D eigenvalue weighted by Gasteiger charge is -2.15. The minimum absolute atomic E-state index is 0.244. The van der Waals surface area contributed by atoms with Crippen LogP contribution in [0.25, 0.3) is 22.3 Å². The number of carbonyl (C=O) groups excluding carboxylic acids is 1. The largest absolute Gasteiger partial charge is 0.278 e. The molecule has 0 aliphatic rings. The summed E-state index contributed by atoms with van der Waals surface area (Å²) in [5.74, 6) is -0.244. The van der Waals surface area contributed by atoms with Crippen molar-refractivity contribution in [2.45, 2.75) is 6.54 Å². The monoisotopic (exact) mass is 372 g/mol. The van der Waals surface area contributed by atoms with Gasteiger partial charge in [0.1, 0.15) is 0 Å². The normalized spacial score (nSPS) is 10.9. The predicted octanol–water partition coefficient (Wildman–Crippen LogP) is 3.78. The number of amides is 1. The third-order valence-corrected chi connectivity index (χ3v) is 4.64. The van der Waals surface area contributed by atoms with Gasteiger partial charge in [0.2, 0.25) is 0 Å². The number of benzene rings is 2. The molecular formula is C22H20N4O2. The van der Waals surface area contributed by atoms with Gasteiger partial charge in [-0.25, -0.2) is 14.7 Å². The molecule has 1 amide bonds. The summed E-state index contributed by atoms with van der Waals surface area (Å²) in [4.78, 5) is 22.8. The average Bonchev–Trinajstić information content (AvgIpc) is 3.16. The van der Waals surface area contributed by atoms with E-state index in [1.807, 2.05) is 65.3 Å². The lowest BCUT2D eigenvalue weighted by molar-refractivity contribution is -0.0755. The van der Waals surface area contributed by atoms with E-state index in [9.17, 15) is 4.79 Å². The molecule has 2 heterocycles. The van der Waals surface area contributed by atoms with Crippen molar-refractivity contribution in [2.75, 3.05) is 14.2 Å². The Bertz CT molecular complexity index is 1110. The average molecular weight is 372 g/mol. The number of rotatable bonds is 5. The fourth-order valence-corrected chi connectivity index (χ4v) is 3.11. The highest BCUT2D eigenvalue weighted by Crippen LogP contribution is 2.26. The van der Waals surface area contributed by atoms with Crippen molar-refractivity contribution in [3.63, 3.8) is 0 Å². The summed E-state index contributed by atoms with van der Waals surface area (Å²) in [5.41, 5.74) is 3.94. The highest BCUT2D eigenvalue weighted by molar-refractivity contribution is 6.06. The molecule has 4 rings (SSSR count). The summed E-state index contributed by atoms with van der Waals surface area (Å²) < 4.78 is 1.82. The number of pyridine rings is 1. The van der Waals surface area contributed by atoms with Crippen LogP contribution in [0.3, 0.4) is 0 Å². The first-order valence-corrected chi connectivity index (χ1v) is 8.95. The van der Waals surface area contributed by atoms with Crippen molar-refractivity contribution in [3.8, 4) is 11.3 Å². The van der Waals surface area contributed by atoms with Crippen molar-refractivity contribution >= 4 is 16.9 Å². The van der Waals surface area contributed by atoms with Crippen molar-refractivity contribution < 1.29 is 9.63 Å². The van der Waals surface area contributed by atoms with Crippen LogP contribution in [0, 0.1) is 0 Å². The quantitative estimate of drug-likeness (QED) is 0.500. The summed E-state index contributed by atoms with van der Waals surface area (Å²) in [6, 6.07) is 21.6. The Labute approximate surface area is 163 Å². The van der Waals surface area contributed by atoms with Gasteiger partial charge in [0.25, 0.3) is 5.91 Å². The van der Waals surface area contributed by atoms with E-state index >= 15 is 0 Å². The molecule has 6 heteroatoms. The van der Waals surface area contributed by atoms with E-state index < -0.39 is 0 Å². The van der Waals surface area contributed by atoms with Crippen molar-refractivity contribution in [3.05, 3.63) is 84.1 Å². The summed E-state index contributed by atoms with van der Waals surface area (Å²) >= 11 is 0. The maximum absolute atomic E-state index is 12.9. The maximum Gasteiger partial charge on any atom is 0.278 e. The van der Waals surface area contributed by atoms with Crippen LogP contribution in [0.15, 0.2) is 72.9 Å². The Morgan fingerprint density at radius 1 is 1.07 bits per heavy atom. The van der Waals surface area contributed by atoms with Crippen LogP contribution in [0.4, 0.5) is 0 Å². The highest BCUT2D eigenvalue weighted by atomic mass is 16.7. The van der Waals surface area contributed by atoms with Crippen LogP contribution >= 0.6 is 0 Å². The van der Waals surface area contributed by atoms with E-state index in [1.165, 1.54) is 12.2 Å². The number of hydrogen-bond acceptors (Lipinski definition) is 4. The van der Waals surface area contributed by atoms with Crippen LogP contribution in [0.2, 0.25) is 0 Å². The smallest absolute Gasteiger partial charge is 0.274 e. The molecule has 0 N–H and O–H groups in total. The maximum atomic E-state index is 12.9. The molecule has 0 saturated carbocycles. The first kappa shape index (κ1) is 17.9. The van der Waals surface area contributed by atoms with E-state index in [0.29, 0.717) is 23.1 Å². The summed E-state index contributed by atoms with van der Waals surface area (Å²) in [6.45, 7) is 0.573. The van der Waals surface area contributed by atoms with Crippen LogP contribution in [0.5, 0.6) is 0 Å². The molecule has 0 saturated heterocycles. The van der Waals surface area contributed by atoms with Gasteiger partial charge in [0.05, 0.1) is 36.5 Å². The number of aromatic nitrogens is 3. The summed E-state index contributed by atoms with van der Waals surface area (Å²) in [6.07, 6.45) is 1.69. The zero-order valence-corrected chi connectivity index (χ0v) is 15.7. The van der Waals surface area contributed by atoms with E-state index in [-0.39, 0.29) is 5.91 Å². The molecule has 0 unspecified atom stereocenters. The third-order valence-electron chi connectivity index (χ3n) is 4.64. The summed E-state index contributed by atoms with van der Waals surface area (Å²) in [5, 5.41) is 6.40. The van der Waals surface area contributed by atoms with Gasteiger partial charge in [0.15, 0.2) is 5.65 Å².